The van der Waals surface area contributed by atoms with Gasteiger partial charge in [0.25, 0.3) is 5.91 Å². The zero-order valence-electron chi connectivity index (χ0n) is 19.8. The minimum atomic E-state index is -1.29. The van der Waals surface area contributed by atoms with Crippen LogP contribution in [0, 0.1) is 0 Å². The van der Waals surface area contributed by atoms with Crippen LogP contribution in [0.1, 0.15) is 21.5 Å². The van der Waals surface area contributed by atoms with E-state index in [0.29, 0.717) is 22.5 Å². The van der Waals surface area contributed by atoms with E-state index in [0.717, 1.165) is 16.0 Å². The number of nitrogens with one attached hydrogen (secondary N) is 3. The first kappa shape index (κ1) is 25.5. The van der Waals surface area contributed by atoms with Crippen LogP contribution in [-0.2, 0) is 17.8 Å². The number of nitrogens with two attached hydrogens (primary N) is 1. The standard InChI is InChI=1S/C28H26N4O4S/c29-22-13-12-21(25-7-4-14-37-25)16-23(22)31-26(33)20-10-8-18(9-11-20)15-24(32-28(35)36)27(34)30-17-19-5-2-1-3-6-19/h1-14,16,24,32H,15,17,29H2,(H,30,34)(H,31,33)(H,35,36)/t24-/m0/s1. The number of anilines is 2. The molecule has 1 aromatic heterocycles. The molecule has 0 saturated heterocycles. The van der Waals surface area contributed by atoms with E-state index in [9.17, 15) is 19.5 Å². The van der Waals surface area contributed by atoms with E-state index in [4.69, 9.17) is 5.73 Å². The van der Waals surface area contributed by atoms with E-state index in [-0.39, 0.29) is 18.9 Å². The average molecular weight is 515 g/mol. The molecule has 3 aromatic carbocycles. The van der Waals surface area contributed by atoms with Crippen LogP contribution < -0.4 is 21.7 Å². The molecule has 9 heteroatoms. The van der Waals surface area contributed by atoms with Gasteiger partial charge in [-0.1, -0.05) is 54.6 Å². The molecular weight excluding hydrogens is 488 g/mol. The second kappa shape index (κ2) is 11.9. The summed E-state index contributed by atoms with van der Waals surface area (Å²) in [5.41, 5.74) is 10.0. The quantitative estimate of drug-likeness (QED) is 0.206. The van der Waals surface area contributed by atoms with Crippen LogP contribution in [0.5, 0.6) is 0 Å². The first-order chi connectivity index (χ1) is 17.9. The fourth-order valence-corrected chi connectivity index (χ4v) is 4.47. The van der Waals surface area contributed by atoms with Gasteiger partial charge in [0.15, 0.2) is 0 Å². The summed E-state index contributed by atoms with van der Waals surface area (Å²) in [4.78, 5) is 37.9. The summed E-state index contributed by atoms with van der Waals surface area (Å²) in [6, 6.07) is 24.5. The molecule has 188 valence electrons. The summed E-state index contributed by atoms with van der Waals surface area (Å²) in [6.45, 7) is 0.285. The Morgan fingerprint density at radius 3 is 2.32 bits per heavy atom. The fraction of sp³-hybridized carbons (Fsp3) is 0.107. The van der Waals surface area contributed by atoms with E-state index in [1.54, 1.807) is 41.7 Å². The highest BCUT2D eigenvalue weighted by atomic mass is 32.1. The van der Waals surface area contributed by atoms with Gasteiger partial charge in [0, 0.05) is 23.4 Å². The largest absolute Gasteiger partial charge is 0.465 e. The van der Waals surface area contributed by atoms with Crippen LogP contribution in [0.25, 0.3) is 10.4 Å². The van der Waals surface area contributed by atoms with Gasteiger partial charge in [-0.15, -0.1) is 11.3 Å². The van der Waals surface area contributed by atoms with Crippen LogP contribution in [0.3, 0.4) is 0 Å². The number of nitrogen functional groups attached to an aromatic ring is 1. The Hall–Kier alpha value is -4.63. The van der Waals surface area contributed by atoms with Gasteiger partial charge in [0.1, 0.15) is 6.04 Å². The number of hydrogen-bond donors (Lipinski definition) is 5. The highest BCUT2D eigenvalue weighted by Crippen LogP contribution is 2.30. The van der Waals surface area contributed by atoms with Crippen LogP contribution >= 0.6 is 11.3 Å². The Kier molecular flexibility index (Phi) is 8.17. The maximum atomic E-state index is 12.9. The summed E-state index contributed by atoms with van der Waals surface area (Å²) in [7, 11) is 0. The lowest BCUT2D eigenvalue weighted by Crippen LogP contribution is -2.47. The summed E-state index contributed by atoms with van der Waals surface area (Å²) < 4.78 is 0. The molecule has 6 N–H and O–H groups in total. The maximum absolute atomic E-state index is 12.9. The number of rotatable bonds is 9. The Morgan fingerprint density at radius 2 is 1.65 bits per heavy atom. The van der Waals surface area contributed by atoms with Crippen LogP contribution in [0.2, 0.25) is 0 Å². The molecule has 4 rings (SSSR count). The lowest BCUT2D eigenvalue weighted by Gasteiger charge is -2.17. The molecular formula is C28H26N4O4S. The molecule has 0 radical (unpaired) electrons. The van der Waals surface area contributed by atoms with E-state index in [1.807, 2.05) is 60.0 Å². The van der Waals surface area contributed by atoms with Gasteiger partial charge in [-0.3, -0.25) is 9.59 Å². The summed E-state index contributed by atoms with van der Waals surface area (Å²) >= 11 is 1.60. The molecule has 0 fully saturated rings. The minimum absolute atomic E-state index is 0.130. The number of carbonyl (C=O) groups is 3. The number of carboxylic acid groups (broad SMARTS) is 1. The smallest absolute Gasteiger partial charge is 0.405 e. The van der Waals surface area contributed by atoms with Crippen molar-refractivity contribution >= 4 is 40.6 Å². The van der Waals surface area contributed by atoms with Gasteiger partial charge in [-0.2, -0.15) is 0 Å². The normalized spacial score (nSPS) is 11.4. The topological polar surface area (TPSA) is 134 Å². The van der Waals surface area contributed by atoms with Crippen molar-refractivity contribution in [1.29, 1.82) is 0 Å². The second-order valence-electron chi connectivity index (χ2n) is 8.34. The van der Waals surface area contributed by atoms with E-state index in [1.165, 1.54) is 0 Å². The van der Waals surface area contributed by atoms with Crippen molar-refractivity contribution in [3.05, 3.63) is 107 Å². The molecule has 37 heavy (non-hydrogen) atoms. The summed E-state index contributed by atoms with van der Waals surface area (Å²) in [5, 5.41) is 19.1. The van der Waals surface area contributed by atoms with E-state index >= 15 is 0 Å². The molecule has 1 heterocycles. The first-order valence-corrected chi connectivity index (χ1v) is 12.4. The second-order valence-corrected chi connectivity index (χ2v) is 9.29. The van der Waals surface area contributed by atoms with Crippen molar-refractivity contribution in [2.45, 2.75) is 19.0 Å². The van der Waals surface area contributed by atoms with Crippen molar-refractivity contribution in [3.8, 4) is 10.4 Å². The SMILES string of the molecule is Nc1ccc(-c2cccs2)cc1NC(=O)c1ccc(C[C@H](NC(=O)O)C(=O)NCc2ccccc2)cc1. The third-order valence-electron chi connectivity index (χ3n) is 5.69. The predicted molar refractivity (Wildman–Crippen MR) is 146 cm³/mol. The minimum Gasteiger partial charge on any atom is -0.465 e. The van der Waals surface area contributed by atoms with Gasteiger partial charge < -0.3 is 26.8 Å². The van der Waals surface area contributed by atoms with Crippen LogP contribution in [0.15, 0.2) is 90.3 Å². The van der Waals surface area contributed by atoms with Gasteiger partial charge in [0.05, 0.1) is 11.4 Å². The van der Waals surface area contributed by atoms with Crippen molar-refractivity contribution < 1.29 is 19.5 Å². The van der Waals surface area contributed by atoms with Crippen molar-refractivity contribution in [2.24, 2.45) is 0 Å². The Morgan fingerprint density at radius 1 is 0.892 bits per heavy atom. The Bertz CT molecular complexity index is 1370. The molecule has 0 aliphatic heterocycles. The maximum Gasteiger partial charge on any atom is 0.405 e. The number of hydrogen-bond acceptors (Lipinski definition) is 5. The fourth-order valence-electron chi connectivity index (χ4n) is 3.75. The van der Waals surface area contributed by atoms with Gasteiger partial charge >= 0.3 is 6.09 Å². The van der Waals surface area contributed by atoms with Crippen LogP contribution in [-0.4, -0.2) is 29.1 Å². The zero-order valence-corrected chi connectivity index (χ0v) is 20.6. The molecule has 0 unspecified atom stereocenters. The van der Waals surface area contributed by atoms with Gasteiger partial charge in [0.2, 0.25) is 5.91 Å². The van der Waals surface area contributed by atoms with Crippen LogP contribution in [0.4, 0.5) is 16.2 Å². The molecule has 3 amide bonds. The summed E-state index contributed by atoms with van der Waals surface area (Å²) in [5.74, 6) is -0.767. The lowest BCUT2D eigenvalue weighted by molar-refractivity contribution is -0.123. The average Bonchev–Trinajstić information content (AvgIpc) is 3.44. The van der Waals surface area contributed by atoms with Gasteiger partial charge in [-0.05, 0) is 52.4 Å². The molecule has 0 spiro atoms. The molecule has 8 nitrogen and oxygen atoms in total. The molecule has 0 aliphatic carbocycles. The third kappa shape index (κ3) is 6.96. The Balaban J connectivity index is 1.40. The number of benzene rings is 3. The van der Waals surface area contributed by atoms with E-state index < -0.39 is 18.0 Å². The highest BCUT2D eigenvalue weighted by molar-refractivity contribution is 7.13. The molecule has 1 atom stereocenters. The molecule has 0 bridgehead atoms. The monoisotopic (exact) mass is 514 g/mol. The predicted octanol–water partition coefficient (Wildman–Crippen LogP) is 4.74. The lowest BCUT2D eigenvalue weighted by atomic mass is 10.0. The molecule has 0 aliphatic rings. The highest BCUT2D eigenvalue weighted by Gasteiger charge is 2.21. The number of thiophene rings is 1. The number of amides is 3. The van der Waals surface area contributed by atoms with Crippen molar-refractivity contribution in [1.82, 2.24) is 10.6 Å². The van der Waals surface area contributed by atoms with Crippen molar-refractivity contribution in [3.63, 3.8) is 0 Å². The first-order valence-electron chi connectivity index (χ1n) is 11.5. The third-order valence-corrected chi connectivity index (χ3v) is 6.61. The zero-order chi connectivity index (χ0) is 26.2. The number of carbonyl (C=O) groups excluding carboxylic acids is 2. The van der Waals surface area contributed by atoms with E-state index in [2.05, 4.69) is 16.0 Å². The van der Waals surface area contributed by atoms with Crippen molar-refractivity contribution in [2.75, 3.05) is 11.1 Å². The summed E-state index contributed by atoms with van der Waals surface area (Å²) in [6.07, 6.45) is -1.16. The molecule has 0 saturated carbocycles. The molecule has 4 aromatic rings. The Labute approximate surface area is 218 Å². The van der Waals surface area contributed by atoms with Gasteiger partial charge in [-0.25, -0.2) is 4.79 Å².